The van der Waals surface area contributed by atoms with Crippen LogP contribution in [0.15, 0.2) is 48.5 Å². The van der Waals surface area contributed by atoms with Crippen molar-refractivity contribution in [3.63, 3.8) is 0 Å². The Balaban J connectivity index is 1.58. The summed E-state index contributed by atoms with van der Waals surface area (Å²) >= 11 is 0. The molecule has 2 rings (SSSR count). The van der Waals surface area contributed by atoms with E-state index in [4.69, 9.17) is 9.47 Å². The summed E-state index contributed by atoms with van der Waals surface area (Å²) in [7, 11) is 0. The molecule has 0 aliphatic carbocycles. The number of benzene rings is 2. The first-order valence-electron chi connectivity index (χ1n) is 7.48. The van der Waals surface area contributed by atoms with Crippen molar-refractivity contribution in [1.82, 2.24) is 5.32 Å². The zero-order valence-corrected chi connectivity index (χ0v) is 13.0. The van der Waals surface area contributed by atoms with E-state index >= 15 is 0 Å². The number of amides is 1. The summed E-state index contributed by atoms with van der Waals surface area (Å²) in [6.45, 7) is 2.94. The second-order valence-corrected chi connectivity index (χ2v) is 5.04. The summed E-state index contributed by atoms with van der Waals surface area (Å²) in [4.78, 5) is 11.6. The van der Waals surface area contributed by atoms with Crippen molar-refractivity contribution in [3.8, 4) is 11.5 Å². The van der Waals surface area contributed by atoms with Crippen LogP contribution in [0, 0.1) is 12.7 Å². The van der Waals surface area contributed by atoms with Crippen LogP contribution in [0.25, 0.3) is 0 Å². The molecule has 0 unspecified atom stereocenters. The molecule has 2 aromatic carbocycles. The smallest absolute Gasteiger partial charge is 0.223 e. The van der Waals surface area contributed by atoms with Crippen molar-refractivity contribution in [2.45, 2.75) is 13.3 Å². The Labute approximate surface area is 135 Å². The quantitative estimate of drug-likeness (QED) is 0.761. The largest absolute Gasteiger partial charge is 0.492 e. The van der Waals surface area contributed by atoms with Crippen LogP contribution in [0.5, 0.6) is 11.5 Å². The van der Waals surface area contributed by atoms with E-state index in [1.54, 1.807) is 12.1 Å². The Morgan fingerprint density at radius 3 is 2.52 bits per heavy atom. The molecule has 0 heterocycles. The SMILES string of the molecule is Cc1ccc(OCCNC(=O)CCOc2ccccc2F)cc1. The van der Waals surface area contributed by atoms with Crippen LogP contribution in [-0.4, -0.2) is 25.7 Å². The first-order valence-corrected chi connectivity index (χ1v) is 7.48. The van der Waals surface area contributed by atoms with Gasteiger partial charge in [-0.05, 0) is 31.2 Å². The minimum atomic E-state index is -0.431. The lowest BCUT2D eigenvalue weighted by Crippen LogP contribution is -2.29. The Morgan fingerprint density at radius 2 is 1.78 bits per heavy atom. The lowest BCUT2D eigenvalue weighted by Gasteiger charge is -2.09. The molecular weight excluding hydrogens is 297 g/mol. The highest BCUT2D eigenvalue weighted by Gasteiger charge is 2.04. The fourth-order valence-electron chi connectivity index (χ4n) is 1.90. The van der Waals surface area contributed by atoms with Crippen LogP contribution < -0.4 is 14.8 Å². The predicted octanol–water partition coefficient (Wildman–Crippen LogP) is 3.10. The number of nitrogens with one attached hydrogen (secondary N) is 1. The van der Waals surface area contributed by atoms with Gasteiger partial charge in [-0.3, -0.25) is 4.79 Å². The molecule has 4 nitrogen and oxygen atoms in total. The molecule has 0 fully saturated rings. The molecule has 1 N–H and O–H groups in total. The number of carbonyl (C=O) groups is 1. The van der Waals surface area contributed by atoms with Crippen LogP contribution >= 0.6 is 0 Å². The molecule has 0 saturated carbocycles. The predicted molar refractivity (Wildman–Crippen MR) is 86.2 cm³/mol. The highest BCUT2D eigenvalue weighted by molar-refractivity contribution is 5.75. The third kappa shape index (κ3) is 5.98. The normalized spacial score (nSPS) is 10.2. The van der Waals surface area contributed by atoms with Gasteiger partial charge in [0.15, 0.2) is 11.6 Å². The Bertz CT molecular complexity index is 628. The van der Waals surface area contributed by atoms with E-state index in [9.17, 15) is 9.18 Å². The fraction of sp³-hybridized carbons (Fsp3) is 0.278. The standard InChI is InChI=1S/C18H20FNO3/c1-14-6-8-15(9-7-14)22-13-11-20-18(21)10-12-23-17-5-3-2-4-16(17)19/h2-9H,10-13H2,1H3,(H,20,21). The minimum absolute atomic E-state index is 0.131. The molecule has 23 heavy (non-hydrogen) atoms. The van der Waals surface area contributed by atoms with Crippen molar-refractivity contribution in [1.29, 1.82) is 0 Å². The highest BCUT2D eigenvalue weighted by atomic mass is 19.1. The van der Waals surface area contributed by atoms with Crippen molar-refractivity contribution >= 4 is 5.91 Å². The van der Waals surface area contributed by atoms with E-state index < -0.39 is 5.82 Å². The lowest BCUT2D eigenvalue weighted by atomic mass is 10.2. The molecule has 1 amide bonds. The molecule has 0 atom stereocenters. The Morgan fingerprint density at radius 1 is 1.04 bits per heavy atom. The van der Waals surface area contributed by atoms with Crippen LogP contribution in [0.1, 0.15) is 12.0 Å². The Kier molecular flexibility index (Phi) is 6.41. The number of hydrogen-bond donors (Lipinski definition) is 1. The summed E-state index contributed by atoms with van der Waals surface area (Å²) in [5.41, 5.74) is 1.17. The van der Waals surface area contributed by atoms with Crippen LogP contribution in [0.3, 0.4) is 0 Å². The highest BCUT2D eigenvalue weighted by Crippen LogP contribution is 2.15. The van der Waals surface area contributed by atoms with Gasteiger partial charge in [-0.2, -0.15) is 0 Å². The molecule has 2 aromatic rings. The summed E-state index contributed by atoms with van der Waals surface area (Å²) in [5, 5.41) is 2.73. The van der Waals surface area contributed by atoms with Gasteiger partial charge >= 0.3 is 0 Å². The first-order chi connectivity index (χ1) is 11.1. The molecule has 0 aliphatic rings. The summed E-state index contributed by atoms with van der Waals surface area (Å²) in [6, 6.07) is 13.8. The van der Waals surface area contributed by atoms with E-state index in [1.807, 2.05) is 31.2 Å². The summed E-state index contributed by atoms with van der Waals surface area (Å²) in [6.07, 6.45) is 0.166. The maximum atomic E-state index is 13.3. The molecule has 5 heteroatoms. The molecule has 0 radical (unpaired) electrons. The van der Waals surface area contributed by atoms with Gasteiger partial charge in [0, 0.05) is 0 Å². The van der Waals surface area contributed by atoms with E-state index in [1.165, 1.54) is 17.7 Å². The maximum absolute atomic E-state index is 13.3. The average molecular weight is 317 g/mol. The van der Waals surface area contributed by atoms with Crippen molar-refractivity contribution in [2.75, 3.05) is 19.8 Å². The minimum Gasteiger partial charge on any atom is -0.492 e. The number of hydrogen-bond acceptors (Lipinski definition) is 3. The number of carbonyl (C=O) groups excluding carboxylic acids is 1. The first kappa shape index (κ1) is 16.8. The topological polar surface area (TPSA) is 47.6 Å². The van der Waals surface area contributed by atoms with Gasteiger partial charge in [0.1, 0.15) is 12.4 Å². The zero-order valence-electron chi connectivity index (χ0n) is 13.0. The van der Waals surface area contributed by atoms with Crippen molar-refractivity contribution in [3.05, 3.63) is 59.9 Å². The second-order valence-electron chi connectivity index (χ2n) is 5.04. The van der Waals surface area contributed by atoms with Gasteiger partial charge in [-0.1, -0.05) is 29.8 Å². The van der Waals surface area contributed by atoms with Gasteiger partial charge in [0.25, 0.3) is 0 Å². The number of rotatable bonds is 8. The maximum Gasteiger partial charge on any atom is 0.223 e. The average Bonchev–Trinajstić information content (AvgIpc) is 2.55. The molecular formula is C18H20FNO3. The van der Waals surface area contributed by atoms with Gasteiger partial charge in [0.2, 0.25) is 5.91 Å². The zero-order chi connectivity index (χ0) is 16.5. The van der Waals surface area contributed by atoms with Crippen molar-refractivity contribution in [2.24, 2.45) is 0 Å². The number of aryl methyl sites for hydroxylation is 1. The lowest BCUT2D eigenvalue weighted by molar-refractivity contribution is -0.121. The number of ether oxygens (including phenoxy) is 2. The van der Waals surface area contributed by atoms with Gasteiger partial charge in [0.05, 0.1) is 19.6 Å². The molecule has 0 spiro atoms. The fourth-order valence-corrected chi connectivity index (χ4v) is 1.90. The van der Waals surface area contributed by atoms with E-state index in [-0.39, 0.29) is 24.7 Å². The molecule has 0 aromatic heterocycles. The molecule has 0 bridgehead atoms. The monoisotopic (exact) mass is 317 g/mol. The third-order valence-electron chi connectivity index (χ3n) is 3.14. The van der Waals surface area contributed by atoms with E-state index in [0.29, 0.717) is 13.2 Å². The molecule has 0 saturated heterocycles. The van der Waals surface area contributed by atoms with Crippen LogP contribution in [-0.2, 0) is 4.79 Å². The van der Waals surface area contributed by atoms with E-state index in [0.717, 1.165) is 5.75 Å². The summed E-state index contributed by atoms with van der Waals surface area (Å²) < 4.78 is 24.0. The Hall–Kier alpha value is -2.56. The summed E-state index contributed by atoms with van der Waals surface area (Å²) in [5.74, 6) is 0.337. The molecule has 122 valence electrons. The van der Waals surface area contributed by atoms with Gasteiger partial charge in [-0.25, -0.2) is 4.39 Å². The van der Waals surface area contributed by atoms with Crippen LogP contribution in [0.4, 0.5) is 4.39 Å². The van der Waals surface area contributed by atoms with Crippen LogP contribution in [0.2, 0.25) is 0 Å². The van der Waals surface area contributed by atoms with Crippen molar-refractivity contribution < 1.29 is 18.7 Å². The molecule has 0 aliphatic heterocycles. The second kappa shape index (κ2) is 8.78. The van der Waals surface area contributed by atoms with Gasteiger partial charge in [-0.15, -0.1) is 0 Å². The number of para-hydroxylation sites is 1. The third-order valence-corrected chi connectivity index (χ3v) is 3.14. The number of halogens is 1. The van der Waals surface area contributed by atoms with E-state index in [2.05, 4.69) is 5.32 Å². The van der Waals surface area contributed by atoms with Gasteiger partial charge < -0.3 is 14.8 Å².